The van der Waals surface area contributed by atoms with Crippen LogP contribution in [0.25, 0.3) is 17.4 Å². The standard InChI is InChI=1S/C16H11F3N2O2/c1-9-13(15(22)21-20-9)8-12-5-6-14(23-12)10-3-2-4-11(7-10)16(17,18)19/h2-8H,1H3,(H,21,22)/b13-8-. The zero-order valence-electron chi connectivity index (χ0n) is 11.9. The van der Waals surface area contributed by atoms with Crippen molar-refractivity contribution in [3.05, 3.63) is 53.3 Å². The Labute approximate surface area is 129 Å². The monoisotopic (exact) mass is 320 g/mol. The highest BCUT2D eigenvalue weighted by molar-refractivity contribution is 6.26. The highest BCUT2D eigenvalue weighted by atomic mass is 19.4. The molecule has 0 atom stereocenters. The van der Waals surface area contributed by atoms with E-state index in [-0.39, 0.29) is 11.7 Å². The summed E-state index contributed by atoms with van der Waals surface area (Å²) in [7, 11) is 0. The maximum absolute atomic E-state index is 12.7. The lowest BCUT2D eigenvalue weighted by Crippen LogP contribution is -2.12. The lowest BCUT2D eigenvalue weighted by Gasteiger charge is -2.07. The fourth-order valence-corrected chi connectivity index (χ4v) is 2.17. The Balaban J connectivity index is 1.93. The van der Waals surface area contributed by atoms with Crippen molar-refractivity contribution >= 4 is 17.7 Å². The first-order valence-corrected chi connectivity index (χ1v) is 6.69. The zero-order chi connectivity index (χ0) is 16.6. The normalized spacial score (nSPS) is 16.6. The summed E-state index contributed by atoms with van der Waals surface area (Å²) in [6, 6.07) is 8.01. The van der Waals surface area contributed by atoms with Crippen LogP contribution in [0.4, 0.5) is 13.2 Å². The minimum absolute atomic E-state index is 0.288. The fourth-order valence-electron chi connectivity index (χ4n) is 2.17. The van der Waals surface area contributed by atoms with Crippen LogP contribution >= 0.6 is 0 Å². The molecule has 0 saturated carbocycles. The van der Waals surface area contributed by atoms with E-state index < -0.39 is 11.7 Å². The molecule has 118 valence electrons. The molecule has 0 unspecified atom stereocenters. The van der Waals surface area contributed by atoms with Crippen LogP contribution in [0.15, 0.2) is 51.5 Å². The largest absolute Gasteiger partial charge is 0.457 e. The Morgan fingerprint density at radius 3 is 2.65 bits per heavy atom. The molecule has 0 radical (unpaired) electrons. The van der Waals surface area contributed by atoms with Gasteiger partial charge < -0.3 is 4.42 Å². The first-order chi connectivity index (χ1) is 10.8. The zero-order valence-corrected chi connectivity index (χ0v) is 11.9. The van der Waals surface area contributed by atoms with Gasteiger partial charge in [0.25, 0.3) is 5.91 Å². The third-order valence-corrected chi connectivity index (χ3v) is 3.35. The predicted octanol–water partition coefficient (Wildman–Crippen LogP) is 3.85. The number of nitrogens with zero attached hydrogens (tertiary/aromatic N) is 1. The summed E-state index contributed by atoms with van der Waals surface area (Å²) in [6.45, 7) is 1.67. The van der Waals surface area contributed by atoms with Gasteiger partial charge in [0.1, 0.15) is 11.5 Å². The summed E-state index contributed by atoms with van der Waals surface area (Å²) in [5, 5.41) is 3.78. The Morgan fingerprint density at radius 2 is 2.00 bits per heavy atom. The number of nitrogens with one attached hydrogen (secondary N) is 1. The van der Waals surface area contributed by atoms with Crippen LogP contribution in [0.2, 0.25) is 0 Å². The van der Waals surface area contributed by atoms with E-state index in [1.165, 1.54) is 18.2 Å². The molecule has 0 saturated heterocycles. The van der Waals surface area contributed by atoms with Gasteiger partial charge in [-0.25, -0.2) is 5.43 Å². The van der Waals surface area contributed by atoms with Crippen molar-refractivity contribution in [2.75, 3.05) is 0 Å². The number of alkyl halides is 3. The molecule has 23 heavy (non-hydrogen) atoms. The molecule has 1 N–H and O–H groups in total. The van der Waals surface area contributed by atoms with E-state index in [1.54, 1.807) is 19.1 Å². The number of hydrogen-bond donors (Lipinski definition) is 1. The van der Waals surface area contributed by atoms with Crippen molar-refractivity contribution in [1.82, 2.24) is 5.43 Å². The Hall–Kier alpha value is -2.83. The molecule has 2 aromatic rings. The number of hydrogen-bond acceptors (Lipinski definition) is 3. The average molecular weight is 320 g/mol. The van der Waals surface area contributed by atoms with Gasteiger partial charge in [0, 0.05) is 5.56 Å². The van der Waals surface area contributed by atoms with Gasteiger partial charge in [-0.2, -0.15) is 18.3 Å². The summed E-state index contributed by atoms with van der Waals surface area (Å²) < 4.78 is 43.8. The van der Waals surface area contributed by atoms with E-state index in [0.29, 0.717) is 22.6 Å². The highest BCUT2D eigenvalue weighted by Gasteiger charge is 2.30. The summed E-state index contributed by atoms with van der Waals surface area (Å²) in [5.74, 6) is 0.300. The predicted molar refractivity (Wildman–Crippen MR) is 78.4 cm³/mol. The third kappa shape index (κ3) is 3.03. The molecule has 2 heterocycles. The first-order valence-electron chi connectivity index (χ1n) is 6.69. The molecular weight excluding hydrogens is 309 g/mol. The molecule has 4 nitrogen and oxygen atoms in total. The molecule has 7 heteroatoms. The minimum Gasteiger partial charge on any atom is -0.457 e. The van der Waals surface area contributed by atoms with Gasteiger partial charge >= 0.3 is 6.18 Å². The number of halogens is 3. The number of furan rings is 1. The second kappa shape index (κ2) is 5.42. The van der Waals surface area contributed by atoms with Crippen LogP contribution in [0.3, 0.4) is 0 Å². The van der Waals surface area contributed by atoms with E-state index in [1.807, 2.05) is 0 Å². The molecule has 0 aliphatic carbocycles. The molecule has 1 aromatic heterocycles. The summed E-state index contributed by atoms with van der Waals surface area (Å²) in [4.78, 5) is 11.6. The van der Waals surface area contributed by atoms with Crippen LogP contribution in [0, 0.1) is 0 Å². The number of benzene rings is 1. The molecule has 3 rings (SSSR count). The quantitative estimate of drug-likeness (QED) is 0.854. The molecule has 0 spiro atoms. The van der Waals surface area contributed by atoms with Gasteiger partial charge in [-0.3, -0.25) is 4.79 Å². The molecular formula is C16H11F3N2O2. The molecule has 0 fully saturated rings. The number of carbonyl (C=O) groups is 1. The lowest BCUT2D eigenvalue weighted by molar-refractivity contribution is -0.137. The lowest BCUT2D eigenvalue weighted by atomic mass is 10.1. The van der Waals surface area contributed by atoms with Crippen molar-refractivity contribution in [1.29, 1.82) is 0 Å². The van der Waals surface area contributed by atoms with Gasteiger partial charge in [-0.15, -0.1) is 0 Å². The number of amides is 1. The molecule has 1 amide bonds. The van der Waals surface area contributed by atoms with Crippen molar-refractivity contribution in [2.24, 2.45) is 5.10 Å². The van der Waals surface area contributed by atoms with Crippen molar-refractivity contribution in [3.8, 4) is 11.3 Å². The number of carbonyl (C=O) groups excluding carboxylic acids is 1. The van der Waals surface area contributed by atoms with Crippen LogP contribution in [-0.4, -0.2) is 11.6 Å². The summed E-state index contributed by atoms with van der Waals surface area (Å²) in [5.41, 5.74) is 2.76. The van der Waals surface area contributed by atoms with E-state index in [2.05, 4.69) is 10.5 Å². The van der Waals surface area contributed by atoms with E-state index in [0.717, 1.165) is 12.1 Å². The Kier molecular flexibility index (Phi) is 3.55. The van der Waals surface area contributed by atoms with Crippen molar-refractivity contribution in [2.45, 2.75) is 13.1 Å². The van der Waals surface area contributed by atoms with Crippen LogP contribution in [-0.2, 0) is 11.0 Å². The molecule has 1 aliphatic heterocycles. The summed E-state index contributed by atoms with van der Waals surface area (Å²) >= 11 is 0. The second-order valence-corrected chi connectivity index (χ2v) is 4.98. The van der Waals surface area contributed by atoms with Gasteiger partial charge in [0.15, 0.2) is 0 Å². The molecule has 0 bridgehead atoms. The summed E-state index contributed by atoms with van der Waals surface area (Å²) in [6.07, 6.45) is -2.92. The van der Waals surface area contributed by atoms with Gasteiger partial charge in [0.05, 0.1) is 16.8 Å². The maximum atomic E-state index is 12.7. The number of rotatable bonds is 2. The van der Waals surface area contributed by atoms with Gasteiger partial charge in [0.2, 0.25) is 0 Å². The molecule has 1 aromatic carbocycles. The van der Waals surface area contributed by atoms with Crippen LogP contribution in [0.1, 0.15) is 18.2 Å². The van der Waals surface area contributed by atoms with Crippen molar-refractivity contribution in [3.63, 3.8) is 0 Å². The Bertz CT molecular complexity index is 832. The van der Waals surface area contributed by atoms with Gasteiger partial charge in [-0.1, -0.05) is 12.1 Å². The number of hydrazone groups is 1. The molecule has 1 aliphatic rings. The van der Waals surface area contributed by atoms with Crippen LogP contribution in [0.5, 0.6) is 0 Å². The van der Waals surface area contributed by atoms with Crippen molar-refractivity contribution < 1.29 is 22.4 Å². The smallest absolute Gasteiger partial charge is 0.416 e. The topological polar surface area (TPSA) is 54.6 Å². The maximum Gasteiger partial charge on any atom is 0.416 e. The third-order valence-electron chi connectivity index (χ3n) is 3.35. The van der Waals surface area contributed by atoms with Gasteiger partial charge in [-0.05, 0) is 37.3 Å². The van der Waals surface area contributed by atoms with E-state index in [9.17, 15) is 18.0 Å². The average Bonchev–Trinajstić information content (AvgIpc) is 3.09. The minimum atomic E-state index is -4.41. The van der Waals surface area contributed by atoms with E-state index >= 15 is 0 Å². The fraction of sp³-hybridized carbons (Fsp3) is 0.125. The Morgan fingerprint density at radius 1 is 1.22 bits per heavy atom. The van der Waals surface area contributed by atoms with Crippen LogP contribution < -0.4 is 5.43 Å². The van der Waals surface area contributed by atoms with E-state index in [4.69, 9.17) is 4.42 Å². The highest BCUT2D eigenvalue weighted by Crippen LogP contribution is 2.32. The first kappa shape index (κ1) is 15.1. The SMILES string of the molecule is CC1=NNC(=O)/C1=C\c1ccc(-c2cccc(C(F)(F)F)c2)o1. The second-order valence-electron chi connectivity index (χ2n) is 4.98.